The van der Waals surface area contributed by atoms with Crippen LogP contribution in [0.3, 0.4) is 0 Å². The van der Waals surface area contributed by atoms with E-state index >= 15 is 0 Å². The van der Waals surface area contributed by atoms with Crippen molar-refractivity contribution in [2.24, 2.45) is 5.73 Å². The number of ether oxygens (including phenoxy) is 2. The first-order valence-electron chi connectivity index (χ1n) is 9.82. The molecule has 0 bridgehead atoms. The van der Waals surface area contributed by atoms with Gasteiger partial charge in [-0.25, -0.2) is 4.79 Å². The SMILES string of the molecule is N#CC1=C(N)Oc2cc(OC(=O)c3sc4ccccc4c3Cl)ccc2C1c1ccc(Br)cc1. The Hall–Kier alpha value is -3.31. The number of nitrogens with two attached hydrogens (primary N) is 1. The minimum atomic E-state index is -0.553. The van der Waals surface area contributed by atoms with Crippen molar-refractivity contribution >= 4 is 54.9 Å². The average molecular weight is 538 g/mol. The summed E-state index contributed by atoms with van der Waals surface area (Å²) in [5.41, 5.74) is 8.04. The summed E-state index contributed by atoms with van der Waals surface area (Å²) in [4.78, 5) is 13.2. The highest BCUT2D eigenvalue weighted by atomic mass is 79.9. The first-order valence-corrected chi connectivity index (χ1v) is 11.8. The summed E-state index contributed by atoms with van der Waals surface area (Å²) in [6, 6.07) is 22.4. The quantitative estimate of drug-likeness (QED) is 0.231. The van der Waals surface area contributed by atoms with Gasteiger partial charge in [0.2, 0.25) is 5.88 Å². The Morgan fingerprint density at radius 2 is 1.91 bits per heavy atom. The molecular weight excluding hydrogens is 524 g/mol. The van der Waals surface area contributed by atoms with Crippen molar-refractivity contribution in [1.29, 1.82) is 5.26 Å². The zero-order valence-corrected chi connectivity index (χ0v) is 20.0. The number of carbonyl (C=O) groups excluding carboxylic acids is 1. The van der Waals surface area contributed by atoms with Crippen molar-refractivity contribution < 1.29 is 14.3 Å². The number of benzene rings is 3. The van der Waals surface area contributed by atoms with E-state index in [0.717, 1.165) is 25.7 Å². The lowest BCUT2D eigenvalue weighted by atomic mass is 9.83. The van der Waals surface area contributed by atoms with Crippen LogP contribution in [-0.2, 0) is 0 Å². The van der Waals surface area contributed by atoms with Crippen molar-refractivity contribution in [2.45, 2.75) is 5.92 Å². The van der Waals surface area contributed by atoms with Gasteiger partial charge in [-0.15, -0.1) is 11.3 Å². The Kier molecular flexibility index (Phi) is 5.59. The molecule has 1 aromatic heterocycles. The molecule has 1 aliphatic heterocycles. The molecule has 33 heavy (non-hydrogen) atoms. The average Bonchev–Trinajstić information content (AvgIpc) is 3.15. The maximum Gasteiger partial charge on any atom is 0.355 e. The van der Waals surface area contributed by atoms with Gasteiger partial charge in [0.1, 0.15) is 28.0 Å². The molecule has 0 saturated carbocycles. The van der Waals surface area contributed by atoms with Gasteiger partial charge in [-0.2, -0.15) is 5.26 Å². The Bertz CT molecular complexity index is 1490. The summed E-state index contributed by atoms with van der Waals surface area (Å²) >= 11 is 11.1. The molecule has 8 heteroatoms. The highest BCUT2D eigenvalue weighted by Crippen LogP contribution is 2.44. The van der Waals surface area contributed by atoms with Crippen molar-refractivity contribution in [2.75, 3.05) is 0 Å². The molecule has 0 fully saturated rings. The van der Waals surface area contributed by atoms with Gasteiger partial charge in [0.25, 0.3) is 0 Å². The lowest BCUT2D eigenvalue weighted by Gasteiger charge is -2.26. The first-order chi connectivity index (χ1) is 16.0. The van der Waals surface area contributed by atoms with Crippen molar-refractivity contribution in [3.8, 4) is 17.6 Å². The molecule has 2 N–H and O–H groups in total. The number of nitriles is 1. The molecule has 3 aromatic carbocycles. The fourth-order valence-electron chi connectivity index (χ4n) is 3.80. The van der Waals surface area contributed by atoms with E-state index in [-0.39, 0.29) is 11.6 Å². The van der Waals surface area contributed by atoms with Gasteiger partial charge >= 0.3 is 5.97 Å². The van der Waals surface area contributed by atoms with Crippen LogP contribution in [0.4, 0.5) is 0 Å². The highest BCUT2D eigenvalue weighted by Gasteiger charge is 2.31. The van der Waals surface area contributed by atoms with E-state index in [0.29, 0.717) is 21.2 Å². The minimum absolute atomic E-state index is 0.0222. The number of hydrogen-bond donors (Lipinski definition) is 1. The summed E-state index contributed by atoms with van der Waals surface area (Å²) < 4.78 is 13.2. The van der Waals surface area contributed by atoms with Gasteiger partial charge < -0.3 is 15.2 Å². The van der Waals surface area contributed by atoms with Gasteiger partial charge in [0, 0.05) is 26.2 Å². The van der Waals surface area contributed by atoms with E-state index in [1.165, 1.54) is 11.3 Å². The molecule has 0 spiro atoms. The van der Waals surface area contributed by atoms with E-state index in [9.17, 15) is 10.1 Å². The van der Waals surface area contributed by atoms with Crippen LogP contribution < -0.4 is 15.2 Å². The molecule has 2 heterocycles. The molecule has 4 aromatic rings. The van der Waals surface area contributed by atoms with Crippen LogP contribution in [0.25, 0.3) is 10.1 Å². The number of halogens is 2. The topological polar surface area (TPSA) is 85.3 Å². The molecule has 5 rings (SSSR count). The van der Waals surface area contributed by atoms with Gasteiger partial charge in [-0.3, -0.25) is 0 Å². The van der Waals surface area contributed by atoms with Crippen LogP contribution in [0.5, 0.6) is 11.5 Å². The number of allylic oxidation sites excluding steroid dienone is 1. The van der Waals surface area contributed by atoms with Gasteiger partial charge in [-0.1, -0.05) is 63.9 Å². The standard InChI is InChI=1S/C25H14BrClN2O3S/c26-14-7-5-13(6-8-14)21-16-10-9-15(11-19(16)32-24(29)18(21)12-28)31-25(30)23-22(27)17-3-1-2-4-20(17)33-23/h1-11,21H,29H2. The highest BCUT2D eigenvalue weighted by molar-refractivity contribution is 9.10. The number of fused-ring (bicyclic) bond motifs is 2. The zero-order chi connectivity index (χ0) is 23.1. The Labute approximate surface area is 206 Å². The number of nitrogens with zero attached hydrogens (tertiary/aromatic N) is 1. The summed E-state index contributed by atoms with van der Waals surface area (Å²) in [7, 11) is 0. The third-order valence-corrected chi connectivity index (χ3v) is 7.51. The van der Waals surface area contributed by atoms with Crippen molar-refractivity contribution in [1.82, 2.24) is 0 Å². The Morgan fingerprint density at radius 3 is 2.64 bits per heavy atom. The third-order valence-electron chi connectivity index (χ3n) is 5.32. The van der Waals surface area contributed by atoms with Gasteiger partial charge in [-0.05, 0) is 29.8 Å². The number of esters is 1. The number of carbonyl (C=O) groups is 1. The van der Waals surface area contributed by atoms with Crippen LogP contribution in [0.2, 0.25) is 5.02 Å². The second-order valence-corrected chi connectivity index (χ2v) is 9.65. The molecule has 1 unspecified atom stereocenters. The predicted octanol–water partition coefficient (Wildman–Crippen LogP) is 6.75. The van der Waals surface area contributed by atoms with Crippen LogP contribution in [0.1, 0.15) is 26.7 Å². The van der Waals surface area contributed by atoms with E-state index in [2.05, 4.69) is 22.0 Å². The minimum Gasteiger partial charge on any atom is -0.440 e. The molecule has 1 atom stereocenters. The first kappa shape index (κ1) is 21.5. The summed E-state index contributed by atoms with van der Waals surface area (Å²) in [5.74, 6) is -0.215. The monoisotopic (exact) mass is 536 g/mol. The second kappa shape index (κ2) is 8.56. The molecule has 0 amide bonds. The van der Waals surface area contributed by atoms with Crippen LogP contribution >= 0.6 is 38.9 Å². The maximum atomic E-state index is 12.8. The van der Waals surface area contributed by atoms with Gasteiger partial charge in [0.05, 0.1) is 10.9 Å². The largest absolute Gasteiger partial charge is 0.440 e. The normalized spacial score (nSPS) is 15.0. The smallest absolute Gasteiger partial charge is 0.355 e. The molecule has 0 saturated heterocycles. The molecule has 0 aliphatic carbocycles. The summed E-state index contributed by atoms with van der Waals surface area (Å²) in [6.45, 7) is 0. The molecule has 1 aliphatic rings. The summed E-state index contributed by atoms with van der Waals surface area (Å²) in [6.07, 6.45) is 0. The zero-order valence-electron chi connectivity index (χ0n) is 16.8. The van der Waals surface area contributed by atoms with Crippen LogP contribution in [0, 0.1) is 11.3 Å². The van der Waals surface area contributed by atoms with E-state index in [1.807, 2.05) is 48.5 Å². The van der Waals surface area contributed by atoms with Crippen LogP contribution in [-0.4, -0.2) is 5.97 Å². The predicted molar refractivity (Wildman–Crippen MR) is 132 cm³/mol. The number of hydrogen-bond acceptors (Lipinski definition) is 6. The number of rotatable bonds is 3. The van der Waals surface area contributed by atoms with E-state index in [1.54, 1.807) is 18.2 Å². The molecule has 0 radical (unpaired) electrons. The lowest BCUT2D eigenvalue weighted by Crippen LogP contribution is -2.21. The summed E-state index contributed by atoms with van der Waals surface area (Å²) in [5, 5.41) is 10.9. The number of thiophene rings is 1. The van der Waals surface area contributed by atoms with Crippen LogP contribution in [0.15, 0.2) is 82.7 Å². The Balaban J connectivity index is 1.49. The fraction of sp³-hybridized carbons (Fsp3) is 0.0400. The maximum absolute atomic E-state index is 12.8. The van der Waals surface area contributed by atoms with Gasteiger partial charge in [0.15, 0.2) is 0 Å². The van der Waals surface area contributed by atoms with Crippen molar-refractivity contribution in [3.05, 3.63) is 104 Å². The molecular formula is C25H14BrClN2O3S. The van der Waals surface area contributed by atoms with Crippen molar-refractivity contribution in [3.63, 3.8) is 0 Å². The Morgan fingerprint density at radius 1 is 1.15 bits per heavy atom. The third kappa shape index (κ3) is 3.87. The second-order valence-electron chi connectivity index (χ2n) is 7.31. The lowest BCUT2D eigenvalue weighted by molar-refractivity contribution is 0.0740. The van der Waals surface area contributed by atoms with E-state index in [4.69, 9.17) is 26.8 Å². The molecule has 162 valence electrons. The fourth-order valence-corrected chi connectivity index (χ4v) is 5.45. The van der Waals surface area contributed by atoms with E-state index < -0.39 is 11.9 Å². The molecule has 5 nitrogen and oxygen atoms in total.